The minimum atomic E-state index is -0.825. The highest BCUT2D eigenvalue weighted by Crippen LogP contribution is 2.25. The third kappa shape index (κ3) is 7.57. The van der Waals surface area contributed by atoms with Crippen molar-refractivity contribution in [1.82, 2.24) is 5.32 Å². The zero-order chi connectivity index (χ0) is 27.6. The van der Waals surface area contributed by atoms with E-state index in [9.17, 15) is 14.7 Å². The van der Waals surface area contributed by atoms with Crippen molar-refractivity contribution in [3.8, 4) is 16.9 Å². The van der Waals surface area contributed by atoms with Gasteiger partial charge in [0.05, 0.1) is 12.5 Å². The zero-order valence-corrected chi connectivity index (χ0v) is 22.5. The monoisotopic (exact) mass is 521 g/mol. The first-order valence-corrected chi connectivity index (χ1v) is 13.4. The van der Waals surface area contributed by atoms with E-state index in [1.165, 1.54) is 5.56 Å². The molecule has 5 heteroatoms. The number of nitrogens with one attached hydrogen (secondary N) is 1. The number of ether oxygens (including phenoxy) is 1. The lowest BCUT2D eigenvalue weighted by Crippen LogP contribution is -2.23. The molecule has 0 unspecified atom stereocenters. The number of aliphatic carboxylic acids is 1. The van der Waals surface area contributed by atoms with E-state index in [1.807, 2.05) is 91.9 Å². The third-order valence-corrected chi connectivity index (χ3v) is 6.79. The maximum absolute atomic E-state index is 13.0. The Morgan fingerprint density at radius 1 is 0.846 bits per heavy atom. The topological polar surface area (TPSA) is 75.6 Å². The van der Waals surface area contributed by atoms with Crippen LogP contribution in [0.2, 0.25) is 0 Å². The number of hydrogen-bond donors (Lipinski definition) is 2. The average molecular weight is 522 g/mol. The van der Waals surface area contributed by atoms with Crippen LogP contribution < -0.4 is 10.1 Å². The highest BCUT2D eigenvalue weighted by atomic mass is 16.5. The molecule has 0 aromatic heterocycles. The highest BCUT2D eigenvalue weighted by molar-refractivity contribution is 5.94. The Balaban J connectivity index is 1.47. The molecule has 0 saturated carbocycles. The van der Waals surface area contributed by atoms with E-state index in [0.29, 0.717) is 30.8 Å². The molecule has 4 aromatic rings. The van der Waals surface area contributed by atoms with Crippen LogP contribution >= 0.6 is 0 Å². The Morgan fingerprint density at radius 2 is 1.54 bits per heavy atom. The van der Waals surface area contributed by atoms with E-state index in [0.717, 1.165) is 34.2 Å². The van der Waals surface area contributed by atoms with Crippen molar-refractivity contribution in [1.29, 1.82) is 0 Å². The van der Waals surface area contributed by atoms with Crippen molar-refractivity contribution in [3.63, 3.8) is 0 Å². The van der Waals surface area contributed by atoms with Gasteiger partial charge in [-0.2, -0.15) is 0 Å². The van der Waals surface area contributed by atoms with Gasteiger partial charge in [0.1, 0.15) is 5.75 Å². The number of amides is 1. The molecular weight excluding hydrogens is 486 g/mol. The summed E-state index contributed by atoms with van der Waals surface area (Å²) in [5.74, 6) is -0.852. The summed E-state index contributed by atoms with van der Waals surface area (Å²) in [6.07, 6.45) is 1.70. The Labute approximate surface area is 230 Å². The number of aryl methyl sites for hydroxylation is 1. The molecule has 0 bridgehead atoms. The third-order valence-electron chi connectivity index (χ3n) is 6.79. The number of carboxylic acids is 1. The SMILES string of the molecule is CCCOc1ccc(C[C@@H](Cc2ccccc2)C(=O)O)cc1CNC(=O)c1ccc(-c2ccccc2C)cc1. The van der Waals surface area contributed by atoms with E-state index in [4.69, 9.17) is 4.74 Å². The number of benzene rings is 4. The van der Waals surface area contributed by atoms with Gasteiger partial charge >= 0.3 is 5.97 Å². The molecule has 0 aliphatic carbocycles. The van der Waals surface area contributed by atoms with Gasteiger partial charge in [0.15, 0.2) is 0 Å². The summed E-state index contributed by atoms with van der Waals surface area (Å²) >= 11 is 0. The molecule has 1 atom stereocenters. The first-order valence-electron chi connectivity index (χ1n) is 13.4. The fraction of sp³-hybridized carbons (Fsp3) is 0.235. The minimum Gasteiger partial charge on any atom is -0.493 e. The molecule has 0 aliphatic rings. The van der Waals surface area contributed by atoms with Crippen LogP contribution in [0.5, 0.6) is 5.75 Å². The van der Waals surface area contributed by atoms with Gasteiger partial charge in [-0.3, -0.25) is 9.59 Å². The Kier molecular flexibility index (Phi) is 9.52. The van der Waals surface area contributed by atoms with Crippen LogP contribution in [-0.4, -0.2) is 23.6 Å². The second-order valence-electron chi connectivity index (χ2n) is 9.79. The summed E-state index contributed by atoms with van der Waals surface area (Å²) in [4.78, 5) is 25.0. The van der Waals surface area contributed by atoms with Crippen molar-refractivity contribution in [2.24, 2.45) is 5.92 Å². The van der Waals surface area contributed by atoms with E-state index < -0.39 is 11.9 Å². The molecular formula is C34H35NO4. The van der Waals surface area contributed by atoms with Crippen LogP contribution in [0.1, 0.15) is 46.0 Å². The van der Waals surface area contributed by atoms with E-state index >= 15 is 0 Å². The molecule has 1 amide bonds. The van der Waals surface area contributed by atoms with Gasteiger partial charge in [-0.25, -0.2) is 0 Å². The van der Waals surface area contributed by atoms with Gasteiger partial charge in [0, 0.05) is 17.7 Å². The smallest absolute Gasteiger partial charge is 0.307 e. The first kappa shape index (κ1) is 27.6. The van der Waals surface area contributed by atoms with Gasteiger partial charge < -0.3 is 15.2 Å². The molecule has 4 rings (SSSR count). The van der Waals surface area contributed by atoms with Gasteiger partial charge in [-0.1, -0.05) is 85.8 Å². The van der Waals surface area contributed by atoms with Crippen molar-refractivity contribution < 1.29 is 19.4 Å². The Hall–Kier alpha value is -4.38. The number of carboxylic acid groups (broad SMARTS) is 1. The van der Waals surface area contributed by atoms with Gasteiger partial charge in [-0.15, -0.1) is 0 Å². The van der Waals surface area contributed by atoms with Crippen LogP contribution in [0.3, 0.4) is 0 Å². The number of hydrogen-bond acceptors (Lipinski definition) is 3. The Morgan fingerprint density at radius 3 is 2.23 bits per heavy atom. The highest BCUT2D eigenvalue weighted by Gasteiger charge is 2.20. The second-order valence-corrected chi connectivity index (χ2v) is 9.79. The summed E-state index contributed by atoms with van der Waals surface area (Å²) < 4.78 is 5.94. The Bertz CT molecular complexity index is 1400. The molecule has 39 heavy (non-hydrogen) atoms. The second kappa shape index (κ2) is 13.4. The van der Waals surface area contributed by atoms with E-state index in [1.54, 1.807) is 0 Å². The summed E-state index contributed by atoms with van der Waals surface area (Å²) in [7, 11) is 0. The van der Waals surface area contributed by atoms with Crippen molar-refractivity contribution in [3.05, 3.63) is 125 Å². The molecule has 200 valence electrons. The molecule has 0 aliphatic heterocycles. The zero-order valence-electron chi connectivity index (χ0n) is 22.5. The van der Waals surface area contributed by atoms with Gasteiger partial charge in [0.25, 0.3) is 5.91 Å². The molecule has 0 heterocycles. The van der Waals surface area contributed by atoms with Crippen LogP contribution in [0.4, 0.5) is 0 Å². The summed E-state index contributed by atoms with van der Waals surface area (Å²) in [6, 6.07) is 31.2. The molecule has 0 spiro atoms. The first-order chi connectivity index (χ1) is 18.9. The summed E-state index contributed by atoms with van der Waals surface area (Å²) in [5, 5.41) is 12.9. The number of carbonyl (C=O) groups excluding carboxylic acids is 1. The van der Waals surface area contributed by atoms with Gasteiger partial charge in [0.2, 0.25) is 0 Å². The van der Waals surface area contributed by atoms with E-state index in [-0.39, 0.29) is 12.5 Å². The maximum Gasteiger partial charge on any atom is 0.307 e. The predicted octanol–water partition coefficient (Wildman–Crippen LogP) is 6.87. The lowest BCUT2D eigenvalue weighted by atomic mass is 9.92. The molecule has 0 radical (unpaired) electrons. The van der Waals surface area contributed by atoms with Crippen LogP contribution in [-0.2, 0) is 24.2 Å². The largest absolute Gasteiger partial charge is 0.493 e. The average Bonchev–Trinajstić information content (AvgIpc) is 2.96. The van der Waals surface area contributed by atoms with Gasteiger partial charge in [-0.05, 0) is 72.2 Å². The quantitative estimate of drug-likeness (QED) is 0.213. The summed E-state index contributed by atoms with van der Waals surface area (Å²) in [5.41, 5.74) is 6.69. The van der Waals surface area contributed by atoms with Crippen molar-refractivity contribution in [2.45, 2.75) is 39.7 Å². The molecule has 2 N–H and O–H groups in total. The summed E-state index contributed by atoms with van der Waals surface area (Å²) in [6.45, 7) is 4.95. The predicted molar refractivity (Wildman–Crippen MR) is 155 cm³/mol. The van der Waals surface area contributed by atoms with Crippen LogP contribution in [0.15, 0.2) is 97.1 Å². The minimum absolute atomic E-state index is 0.175. The molecule has 0 saturated heterocycles. The lowest BCUT2D eigenvalue weighted by molar-refractivity contribution is -0.141. The molecule has 0 fully saturated rings. The van der Waals surface area contributed by atoms with Crippen LogP contribution in [0, 0.1) is 12.8 Å². The van der Waals surface area contributed by atoms with E-state index in [2.05, 4.69) is 24.4 Å². The van der Waals surface area contributed by atoms with Crippen LogP contribution in [0.25, 0.3) is 11.1 Å². The molecule has 4 aromatic carbocycles. The number of carbonyl (C=O) groups is 2. The fourth-order valence-electron chi connectivity index (χ4n) is 4.66. The fourth-order valence-corrected chi connectivity index (χ4v) is 4.66. The standard InChI is InChI=1S/C34H35NO4/c1-3-19-39-32-18-13-26(21-29(34(37)38)20-25-10-5-4-6-11-25)22-30(32)23-35-33(36)28-16-14-27(15-17-28)31-12-8-7-9-24(31)2/h4-18,22,29H,3,19-21,23H2,1-2H3,(H,35,36)(H,37,38)/t29-/m1/s1. The molecule has 5 nitrogen and oxygen atoms in total. The van der Waals surface area contributed by atoms with Crippen molar-refractivity contribution >= 4 is 11.9 Å². The normalized spacial score (nSPS) is 11.5. The lowest BCUT2D eigenvalue weighted by Gasteiger charge is -2.16. The van der Waals surface area contributed by atoms with Crippen molar-refractivity contribution in [2.75, 3.05) is 6.61 Å². The maximum atomic E-state index is 13.0. The number of rotatable bonds is 12.